The minimum atomic E-state index is -0.643. The molecule has 0 spiro atoms. The number of ether oxygens (including phenoxy) is 3. The van der Waals surface area contributed by atoms with Gasteiger partial charge in [-0.2, -0.15) is 0 Å². The molecule has 94 valence electrons. The van der Waals surface area contributed by atoms with E-state index >= 15 is 0 Å². The highest BCUT2D eigenvalue weighted by Gasteiger charge is 2.41. The molecular formula is C13H19NO3. The van der Waals surface area contributed by atoms with Crippen LogP contribution in [0.25, 0.3) is 0 Å². The van der Waals surface area contributed by atoms with E-state index < -0.39 is 5.79 Å². The Balaban J connectivity index is 2.22. The summed E-state index contributed by atoms with van der Waals surface area (Å²) in [5.41, 5.74) is 6.62. The molecule has 17 heavy (non-hydrogen) atoms. The second-order valence-corrected chi connectivity index (χ2v) is 4.12. The smallest absolute Gasteiger partial charge is 0.195 e. The fraction of sp³-hybridized carbons (Fsp3) is 0.538. The van der Waals surface area contributed by atoms with Gasteiger partial charge in [-0.05, 0) is 24.3 Å². The van der Waals surface area contributed by atoms with Crippen molar-refractivity contribution in [1.29, 1.82) is 0 Å². The molecule has 1 aliphatic rings. The lowest BCUT2D eigenvalue weighted by Crippen LogP contribution is -2.29. The Morgan fingerprint density at radius 2 is 2.12 bits per heavy atom. The van der Waals surface area contributed by atoms with Gasteiger partial charge in [0.05, 0.1) is 19.8 Å². The lowest BCUT2D eigenvalue weighted by Gasteiger charge is -2.27. The summed E-state index contributed by atoms with van der Waals surface area (Å²) in [6.45, 7) is 3.08. The minimum Gasteiger partial charge on any atom is -0.497 e. The summed E-state index contributed by atoms with van der Waals surface area (Å²) in [6, 6.07) is 7.77. The molecule has 0 saturated carbocycles. The van der Waals surface area contributed by atoms with Crippen LogP contribution in [0, 0.1) is 0 Å². The van der Waals surface area contributed by atoms with Gasteiger partial charge in [-0.15, -0.1) is 0 Å². The van der Waals surface area contributed by atoms with Crippen LogP contribution in [0.1, 0.15) is 18.9 Å². The summed E-state index contributed by atoms with van der Waals surface area (Å²) in [4.78, 5) is 0. The van der Waals surface area contributed by atoms with E-state index in [0.29, 0.717) is 13.2 Å². The zero-order chi connectivity index (χ0) is 12.3. The minimum absolute atomic E-state index is 0.0166. The van der Waals surface area contributed by atoms with Crippen molar-refractivity contribution in [3.8, 4) is 5.75 Å². The van der Waals surface area contributed by atoms with Crippen molar-refractivity contribution in [3.63, 3.8) is 0 Å². The van der Waals surface area contributed by atoms with Gasteiger partial charge in [-0.25, -0.2) is 0 Å². The van der Waals surface area contributed by atoms with E-state index in [9.17, 15) is 0 Å². The van der Waals surface area contributed by atoms with Gasteiger partial charge < -0.3 is 19.9 Å². The van der Waals surface area contributed by atoms with Gasteiger partial charge in [0.15, 0.2) is 5.79 Å². The highest BCUT2D eigenvalue weighted by molar-refractivity contribution is 5.30. The van der Waals surface area contributed by atoms with E-state index in [0.717, 1.165) is 17.7 Å². The predicted octanol–water partition coefficient (Wildman–Crippen LogP) is 1.63. The van der Waals surface area contributed by atoms with Gasteiger partial charge >= 0.3 is 0 Å². The van der Waals surface area contributed by atoms with E-state index in [4.69, 9.17) is 19.9 Å². The lowest BCUT2D eigenvalue weighted by molar-refractivity contribution is -0.177. The summed E-state index contributed by atoms with van der Waals surface area (Å²) in [5.74, 6) is 0.185. The van der Waals surface area contributed by atoms with Gasteiger partial charge in [-0.3, -0.25) is 0 Å². The van der Waals surface area contributed by atoms with Crippen molar-refractivity contribution in [2.75, 3.05) is 20.3 Å². The first-order chi connectivity index (χ1) is 8.24. The molecule has 2 unspecified atom stereocenters. The zero-order valence-electron chi connectivity index (χ0n) is 10.3. The largest absolute Gasteiger partial charge is 0.497 e. The predicted molar refractivity (Wildman–Crippen MR) is 64.8 cm³/mol. The number of benzene rings is 1. The SMILES string of the molecule is CCC1(c2ccc(OC)cc2)OCC(CN)O1. The molecule has 1 aromatic carbocycles. The Morgan fingerprint density at radius 3 is 2.59 bits per heavy atom. The van der Waals surface area contributed by atoms with E-state index in [2.05, 4.69) is 0 Å². The molecule has 1 aliphatic heterocycles. The maximum atomic E-state index is 5.92. The van der Waals surface area contributed by atoms with Crippen molar-refractivity contribution in [2.24, 2.45) is 5.73 Å². The van der Waals surface area contributed by atoms with Crippen LogP contribution in [0.3, 0.4) is 0 Å². The summed E-state index contributed by atoms with van der Waals surface area (Å²) in [5, 5.41) is 0. The standard InChI is InChI=1S/C13H19NO3/c1-3-13(16-9-12(8-14)17-13)10-4-6-11(15-2)7-5-10/h4-7,12H,3,8-9,14H2,1-2H3. The molecule has 2 N–H and O–H groups in total. The normalized spacial score (nSPS) is 28.3. The van der Waals surface area contributed by atoms with Gasteiger partial charge in [0.25, 0.3) is 0 Å². The quantitative estimate of drug-likeness (QED) is 0.864. The molecule has 0 bridgehead atoms. The van der Waals surface area contributed by atoms with Gasteiger partial charge in [0.2, 0.25) is 0 Å². The Bertz CT molecular complexity index is 365. The van der Waals surface area contributed by atoms with Crippen LogP contribution in [-0.4, -0.2) is 26.4 Å². The third kappa shape index (κ3) is 2.29. The molecule has 1 saturated heterocycles. The van der Waals surface area contributed by atoms with Gasteiger partial charge in [-0.1, -0.05) is 6.92 Å². The highest BCUT2D eigenvalue weighted by atomic mass is 16.7. The zero-order valence-corrected chi connectivity index (χ0v) is 10.3. The number of nitrogens with two attached hydrogens (primary N) is 1. The molecular weight excluding hydrogens is 218 g/mol. The molecule has 4 nitrogen and oxygen atoms in total. The maximum absolute atomic E-state index is 5.92. The molecule has 0 aliphatic carbocycles. The summed E-state index contributed by atoms with van der Waals surface area (Å²) >= 11 is 0. The number of methoxy groups -OCH3 is 1. The van der Waals surface area contributed by atoms with Crippen molar-refractivity contribution >= 4 is 0 Å². The molecule has 1 aromatic rings. The number of hydrogen-bond acceptors (Lipinski definition) is 4. The topological polar surface area (TPSA) is 53.7 Å². The second kappa shape index (κ2) is 5.04. The average molecular weight is 237 g/mol. The van der Waals surface area contributed by atoms with E-state index in [1.54, 1.807) is 7.11 Å². The third-order valence-corrected chi connectivity index (χ3v) is 3.12. The van der Waals surface area contributed by atoms with Gasteiger partial charge in [0, 0.05) is 18.5 Å². The first kappa shape index (κ1) is 12.4. The van der Waals surface area contributed by atoms with Gasteiger partial charge in [0.1, 0.15) is 5.75 Å². The first-order valence-corrected chi connectivity index (χ1v) is 5.90. The third-order valence-electron chi connectivity index (χ3n) is 3.12. The van der Waals surface area contributed by atoms with Crippen LogP contribution >= 0.6 is 0 Å². The van der Waals surface area contributed by atoms with Crippen molar-refractivity contribution in [2.45, 2.75) is 25.2 Å². The Kier molecular flexibility index (Phi) is 3.66. The maximum Gasteiger partial charge on any atom is 0.195 e. The monoisotopic (exact) mass is 237 g/mol. The van der Waals surface area contributed by atoms with E-state index in [1.807, 2.05) is 31.2 Å². The van der Waals surface area contributed by atoms with E-state index in [1.165, 1.54) is 0 Å². The molecule has 4 heteroatoms. The van der Waals surface area contributed by atoms with Crippen LogP contribution in [0.15, 0.2) is 24.3 Å². The molecule has 0 aromatic heterocycles. The molecule has 1 heterocycles. The Labute approximate surface area is 102 Å². The van der Waals surface area contributed by atoms with Crippen LogP contribution in [0.5, 0.6) is 5.75 Å². The lowest BCUT2D eigenvalue weighted by atomic mass is 10.0. The molecule has 1 fully saturated rings. The summed E-state index contributed by atoms with van der Waals surface area (Å²) in [6.07, 6.45) is 0.743. The highest BCUT2D eigenvalue weighted by Crippen LogP contribution is 2.37. The summed E-state index contributed by atoms with van der Waals surface area (Å²) in [7, 11) is 1.65. The second-order valence-electron chi connectivity index (χ2n) is 4.12. The average Bonchev–Trinajstić information content (AvgIpc) is 2.84. The molecule has 2 rings (SSSR count). The Morgan fingerprint density at radius 1 is 1.41 bits per heavy atom. The van der Waals surface area contributed by atoms with Crippen LogP contribution in [-0.2, 0) is 15.3 Å². The fourth-order valence-corrected chi connectivity index (χ4v) is 2.07. The Hall–Kier alpha value is -1.10. The molecule has 0 amide bonds. The van der Waals surface area contributed by atoms with Crippen LogP contribution in [0.4, 0.5) is 0 Å². The van der Waals surface area contributed by atoms with Crippen molar-refractivity contribution in [3.05, 3.63) is 29.8 Å². The number of rotatable bonds is 4. The van der Waals surface area contributed by atoms with E-state index in [-0.39, 0.29) is 6.10 Å². The summed E-state index contributed by atoms with van der Waals surface area (Å²) < 4.78 is 16.9. The van der Waals surface area contributed by atoms with Crippen LogP contribution < -0.4 is 10.5 Å². The molecule has 0 radical (unpaired) electrons. The molecule has 2 atom stereocenters. The van der Waals surface area contributed by atoms with Crippen LogP contribution in [0.2, 0.25) is 0 Å². The van der Waals surface area contributed by atoms with Crippen molar-refractivity contribution in [1.82, 2.24) is 0 Å². The first-order valence-electron chi connectivity index (χ1n) is 5.90. The van der Waals surface area contributed by atoms with Crippen molar-refractivity contribution < 1.29 is 14.2 Å². The fourth-order valence-electron chi connectivity index (χ4n) is 2.07. The number of hydrogen-bond donors (Lipinski definition) is 1.